The number of nitrogens with one attached hydrogen (secondary N) is 3. The zero-order valence-corrected chi connectivity index (χ0v) is 18.8. The van der Waals surface area contributed by atoms with Crippen molar-refractivity contribution in [1.82, 2.24) is 29.7 Å². The molecule has 0 aliphatic heterocycles. The number of hydrogen-bond donors (Lipinski definition) is 3. The van der Waals surface area contributed by atoms with Gasteiger partial charge in [-0.1, -0.05) is 0 Å². The molecule has 3 aromatic heterocycles. The number of rotatable bonds is 7. The number of H-pyrrole nitrogens is 1. The van der Waals surface area contributed by atoms with Crippen LogP contribution in [0.4, 0.5) is 27.7 Å². The van der Waals surface area contributed by atoms with Gasteiger partial charge < -0.3 is 15.2 Å². The van der Waals surface area contributed by atoms with Crippen LogP contribution >= 0.6 is 11.8 Å². The van der Waals surface area contributed by atoms with Crippen molar-refractivity contribution in [3.63, 3.8) is 0 Å². The van der Waals surface area contributed by atoms with Gasteiger partial charge in [-0.25, -0.2) is 14.4 Å². The first-order chi connectivity index (χ1) is 15.5. The lowest BCUT2D eigenvalue weighted by atomic mass is 10.1. The molecule has 0 atom stereocenters. The van der Waals surface area contributed by atoms with E-state index in [0.717, 1.165) is 40.4 Å². The summed E-state index contributed by atoms with van der Waals surface area (Å²) in [5, 5.41) is 13.6. The number of halogens is 1. The van der Waals surface area contributed by atoms with E-state index in [-0.39, 0.29) is 5.82 Å². The molecular formula is C22H23FN8S. The van der Waals surface area contributed by atoms with Crippen LogP contribution in [0.5, 0.6) is 0 Å². The number of benzene rings is 1. The SMILES string of the molecule is CSc1ccc(Nc2nc(Nc3cc(C)[nH]n3)c(C3CC3)c(-c3cn(C)cn3)n2)c(F)c1. The van der Waals surface area contributed by atoms with Gasteiger partial charge >= 0.3 is 0 Å². The first kappa shape index (κ1) is 20.5. The fourth-order valence-corrected chi connectivity index (χ4v) is 3.98. The third-order valence-electron chi connectivity index (χ3n) is 5.25. The zero-order valence-electron chi connectivity index (χ0n) is 18.0. The van der Waals surface area contributed by atoms with E-state index in [4.69, 9.17) is 9.97 Å². The minimum atomic E-state index is -0.358. The van der Waals surface area contributed by atoms with Gasteiger partial charge in [0.05, 0.1) is 12.0 Å². The Morgan fingerprint density at radius 1 is 1.19 bits per heavy atom. The first-order valence-corrected chi connectivity index (χ1v) is 11.5. The maximum atomic E-state index is 14.6. The highest BCUT2D eigenvalue weighted by Crippen LogP contribution is 2.47. The molecule has 10 heteroatoms. The van der Waals surface area contributed by atoms with Crippen molar-refractivity contribution < 1.29 is 4.39 Å². The molecule has 3 N–H and O–H groups in total. The zero-order chi connectivity index (χ0) is 22.2. The Balaban J connectivity index is 1.61. The molecule has 0 unspecified atom stereocenters. The third-order valence-corrected chi connectivity index (χ3v) is 5.98. The standard InChI is InChI=1S/C22H23FN8S/c1-12-8-18(30-29-12)26-21-19(13-4-5-13)20(17-10-31(2)11-24-17)27-22(28-21)25-16-7-6-14(32-3)9-15(16)23/h6-11,13H,4-5H2,1-3H3,(H3,25,26,27,28,29,30). The summed E-state index contributed by atoms with van der Waals surface area (Å²) in [4.78, 5) is 14.8. The molecule has 5 rings (SSSR count). The lowest BCUT2D eigenvalue weighted by Gasteiger charge is -2.15. The number of aromatic nitrogens is 6. The van der Waals surface area contributed by atoms with Crippen LogP contribution in [0.2, 0.25) is 0 Å². The van der Waals surface area contributed by atoms with Gasteiger partial charge in [0, 0.05) is 35.5 Å². The van der Waals surface area contributed by atoms with E-state index in [1.165, 1.54) is 17.8 Å². The second-order valence-electron chi connectivity index (χ2n) is 7.89. The topological polar surface area (TPSA) is 96.3 Å². The van der Waals surface area contributed by atoms with Crippen LogP contribution in [0.25, 0.3) is 11.4 Å². The van der Waals surface area contributed by atoms with E-state index < -0.39 is 0 Å². The molecule has 32 heavy (non-hydrogen) atoms. The van der Waals surface area contributed by atoms with Crippen LogP contribution in [0, 0.1) is 12.7 Å². The quantitative estimate of drug-likeness (QED) is 0.336. The second kappa shape index (κ2) is 8.27. The van der Waals surface area contributed by atoms with Crippen molar-refractivity contribution in [1.29, 1.82) is 0 Å². The average Bonchev–Trinajstić information content (AvgIpc) is 3.39. The lowest BCUT2D eigenvalue weighted by molar-refractivity contribution is 0.628. The van der Waals surface area contributed by atoms with Crippen LogP contribution in [-0.4, -0.2) is 36.0 Å². The fourth-order valence-electron chi connectivity index (χ4n) is 3.56. The van der Waals surface area contributed by atoms with E-state index in [0.29, 0.717) is 29.2 Å². The minimum absolute atomic E-state index is 0.292. The van der Waals surface area contributed by atoms with Crippen LogP contribution in [-0.2, 0) is 7.05 Å². The summed E-state index contributed by atoms with van der Waals surface area (Å²) in [5.74, 6) is 1.60. The van der Waals surface area contributed by atoms with Gasteiger partial charge in [0.1, 0.15) is 23.0 Å². The number of aryl methyl sites for hydroxylation is 2. The predicted molar refractivity (Wildman–Crippen MR) is 124 cm³/mol. The third kappa shape index (κ3) is 4.18. The van der Waals surface area contributed by atoms with Gasteiger partial charge in [-0.3, -0.25) is 5.10 Å². The van der Waals surface area contributed by atoms with E-state index in [9.17, 15) is 4.39 Å². The van der Waals surface area contributed by atoms with Crippen LogP contribution in [0.1, 0.15) is 30.0 Å². The lowest BCUT2D eigenvalue weighted by Crippen LogP contribution is -2.08. The first-order valence-electron chi connectivity index (χ1n) is 10.3. The predicted octanol–water partition coefficient (Wildman–Crippen LogP) is 5.13. The minimum Gasteiger partial charge on any atom is -0.340 e. The number of hydrogen-bond acceptors (Lipinski definition) is 7. The Kier molecular flexibility index (Phi) is 5.30. The Labute approximate surface area is 189 Å². The maximum absolute atomic E-state index is 14.6. The van der Waals surface area contributed by atoms with Crippen LogP contribution < -0.4 is 10.6 Å². The van der Waals surface area contributed by atoms with Crippen molar-refractivity contribution in [2.75, 3.05) is 16.9 Å². The van der Waals surface area contributed by atoms with Crippen molar-refractivity contribution in [2.45, 2.75) is 30.6 Å². The Hall–Kier alpha value is -3.40. The summed E-state index contributed by atoms with van der Waals surface area (Å²) >= 11 is 1.49. The number of imidazole rings is 1. The van der Waals surface area contributed by atoms with E-state index >= 15 is 0 Å². The molecule has 1 fully saturated rings. The van der Waals surface area contributed by atoms with Crippen LogP contribution in [0.3, 0.4) is 0 Å². The summed E-state index contributed by atoms with van der Waals surface area (Å²) in [6, 6.07) is 6.97. The molecule has 0 radical (unpaired) electrons. The summed E-state index contributed by atoms with van der Waals surface area (Å²) in [7, 11) is 1.92. The van der Waals surface area contributed by atoms with Gasteiger partial charge in [0.25, 0.3) is 0 Å². The summed E-state index contributed by atoms with van der Waals surface area (Å²) in [6.07, 6.45) is 7.71. The molecule has 4 aromatic rings. The van der Waals surface area contributed by atoms with Crippen molar-refractivity contribution in [2.24, 2.45) is 7.05 Å². The Morgan fingerprint density at radius 3 is 2.66 bits per heavy atom. The fraction of sp³-hybridized carbons (Fsp3) is 0.273. The smallest absolute Gasteiger partial charge is 0.229 e. The normalized spacial score (nSPS) is 13.4. The number of thioether (sulfide) groups is 1. The number of nitrogens with zero attached hydrogens (tertiary/aromatic N) is 5. The average molecular weight is 451 g/mol. The molecule has 1 saturated carbocycles. The molecule has 8 nitrogen and oxygen atoms in total. The molecule has 1 aliphatic rings. The van der Waals surface area contributed by atoms with Gasteiger partial charge in [0.15, 0.2) is 5.82 Å². The second-order valence-corrected chi connectivity index (χ2v) is 8.77. The van der Waals surface area contributed by atoms with Gasteiger partial charge in [-0.2, -0.15) is 10.1 Å². The summed E-state index contributed by atoms with van der Waals surface area (Å²) < 4.78 is 16.5. The molecule has 1 aromatic carbocycles. The monoisotopic (exact) mass is 450 g/mol. The van der Waals surface area contributed by atoms with Crippen molar-refractivity contribution >= 4 is 35.0 Å². The Bertz CT molecular complexity index is 1280. The molecule has 0 bridgehead atoms. The number of anilines is 4. The molecule has 0 amide bonds. The maximum Gasteiger partial charge on any atom is 0.229 e. The molecule has 3 heterocycles. The van der Waals surface area contributed by atoms with Gasteiger partial charge in [0.2, 0.25) is 5.95 Å². The van der Waals surface area contributed by atoms with E-state index in [1.54, 1.807) is 12.4 Å². The number of aromatic amines is 1. The molecule has 1 aliphatic carbocycles. The molecule has 0 spiro atoms. The van der Waals surface area contributed by atoms with E-state index in [1.807, 2.05) is 43.1 Å². The summed E-state index contributed by atoms with van der Waals surface area (Å²) in [5.41, 5.74) is 3.75. The molecule has 0 saturated heterocycles. The molecular weight excluding hydrogens is 427 g/mol. The molecule has 164 valence electrons. The van der Waals surface area contributed by atoms with Gasteiger partial charge in [-0.15, -0.1) is 11.8 Å². The highest BCUT2D eigenvalue weighted by atomic mass is 32.2. The highest BCUT2D eigenvalue weighted by molar-refractivity contribution is 7.98. The van der Waals surface area contributed by atoms with Crippen molar-refractivity contribution in [3.05, 3.63) is 53.9 Å². The summed E-state index contributed by atoms with van der Waals surface area (Å²) in [6.45, 7) is 1.94. The highest BCUT2D eigenvalue weighted by Gasteiger charge is 2.32. The van der Waals surface area contributed by atoms with Gasteiger partial charge in [-0.05, 0) is 50.1 Å². The Morgan fingerprint density at radius 2 is 2.03 bits per heavy atom. The van der Waals surface area contributed by atoms with Crippen LogP contribution in [0.15, 0.2) is 41.7 Å². The van der Waals surface area contributed by atoms with E-state index in [2.05, 4.69) is 25.8 Å². The van der Waals surface area contributed by atoms with Crippen molar-refractivity contribution in [3.8, 4) is 11.4 Å². The largest absolute Gasteiger partial charge is 0.340 e.